The van der Waals surface area contributed by atoms with Crippen molar-refractivity contribution in [2.24, 2.45) is 0 Å². The van der Waals surface area contributed by atoms with Crippen LogP contribution in [0.3, 0.4) is 0 Å². The zero-order valence-corrected chi connectivity index (χ0v) is 15.1. The van der Waals surface area contributed by atoms with Crippen molar-refractivity contribution in [2.45, 2.75) is 19.4 Å². The summed E-state index contributed by atoms with van der Waals surface area (Å²) < 4.78 is 6.22. The van der Waals surface area contributed by atoms with Crippen molar-refractivity contribution in [1.82, 2.24) is 14.8 Å². The van der Waals surface area contributed by atoms with Gasteiger partial charge < -0.3 is 10.1 Å². The van der Waals surface area contributed by atoms with E-state index in [4.69, 9.17) is 4.74 Å². The van der Waals surface area contributed by atoms with Crippen molar-refractivity contribution in [1.29, 1.82) is 0 Å². The SMILES string of the molecule is CC[C@@H](C(=O)Nc1ccc(OC)cc1)n1ncc(-c2ccccc2)nc1=O. The lowest BCUT2D eigenvalue weighted by atomic mass is 10.2. The van der Waals surface area contributed by atoms with Crippen LogP contribution in [0, 0.1) is 0 Å². The fourth-order valence-corrected chi connectivity index (χ4v) is 2.68. The summed E-state index contributed by atoms with van der Waals surface area (Å²) in [6.07, 6.45) is 1.90. The van der Waals surface area contributed by atoms with Crippen molar-refractivity contribution in [2.75, 3.05) is 12.4 Å². The van der Waals surface area contributed by atoms with Gasteiger partial charge in [0.15, 0.2) is 0 Å². The molecule has 0 aliphatic rings. The van der Waals surface area contributed by atoms with Crippen LogP contribution in [0.2, 0.25) is 0 Å². The first-order chi connectivity index (χ1) is 13.1. The number of nitrogens with one attached hydrogen (secondary N) is 1. The number of carbonyl (C=O) groups is 1. The molecule has 1 amide bonds. The van der Waals surface area contributed by atoms with Gasteiger partial charge in [0.05, 0.1) is 19.0 Å². The van der Waals surface area contributed by atoms with E-state index in [1.807, 2.05) is 37.3 Å². The Hall–Kier alpha value is -3.48. The van der Waals surface area contributed by atoms with E-state index >= 15 is 0 Å². The van der Waals surface area contributed by atoms with E-state index < -0.39 is 11.7 Å². The Balaban J connectivity index is 1.82. The van der Waals surface area contributed by atoms with Gasteiger partial charge in [-0.25, -0.2) is 9.48 Å². The molecule has 0 unspecified atom stereocenters. The normalized spacial score (nSPS) is 11.6. The van der Waals surface area contributed by atoms with Crippen molar-refractivity contribution in [3.05, 3.63) is 71.3 Å². The Morgan fingerprint density at radius 2 is 1.85 bits per heavy atom. The fourth-order valence-electron chi connectivity index (χ4n) is 2.68. The molecule has 0 saturated carbocycles. The van der Waals surface area contributed by atoms with Crippen LogP contribution in [0.4, 0.5) is 5.69 Å². The van der Waals surface area contributed by atoms with Crippen molar-refractivity contribution < 1.29 is 9.53 Å². The molecule has 1 atom stereocenters. The van der Waals surface area contributed by atoms with Gasteiger partial charge in [0.2, 0.25) is 5.91 Å². The Bertz CT molecular complexity index is 969. The average molecular weight is 364 g/mol. The molecule has 1 heterocycles. The van der Waals surface area contributed by atoms with Crippen LogP contribution in [-0.4, -0.2) is 27.8 Å². The zero-order valence-electron chi connectivity index (χ0n) is 15.1. The van der Waals surface area contributed by atoms with E-state index in [1.165, 1.54) is 6.20 Å². The predicted octanol–water partition coefficient (Wildman–Crippen LogP) is 2.90. The zero-order chi connectivity index (χ0) is 19.2. The lowest BCUT2D eigenvalue weighted by molar-refractivity contribution is -0.119. The van der Waals surface area contributed by atoms with Crippen molar-refractivity contribution >= 4 is 11.6 Å². The van der Waals surface area contributed by atoms with E-state index in [9.17, 15) is 9.59 Å². The predicted molar refractivity (Wildman–Crippen MR) is 103 cm³/mol. The third-order valence-electron chi connectivity index (χ3n) is 4.13. The number of benzene rings is 2. The molecular weight excluding hydrogens is 344 g/mol. The van der Waals surface area contributed by atoms with Gasteiger partial charge in [0, 0.05) is 11.3 Å². The maximum Gasteiger partial charge on any atom is 0.365 e. The molecule has 0 bridgehead atoms. The second-order valence-electron chi connectivity index (χ2n) is 5.88. The molecule has 1 aromatic heterocycles. The van der Waals surface area contributed by atoms with Gasteiger partial charge in [0.25, 0.3) is 0 Å². The second-order valence-corrected chi connectivity index (χ2v) is 5.88. The van der Waals surface area contributed by atoms with E-state index in [1.54, 1.807) is 31.4 Å². The summed E-state index contributed by atoms with van der Waals surface area (Å²) in [4.78, 5) is 29.2. The first kappa shape index (κ1) is 18.3. The minimum Gasteiger partial charge on any atom is -0.497 e. The highest BCUT2D eigenvalue weighted by molar-refractivity contribution is 5.93. The number of hydrogen-bond acceptors (Lipinski definition) is 5. The molecule has 0 saturated heterocycles. The molecule has 2 aromatic carbocycles. The van der Waals surface area contributed by atoms with E-state index in [0.717, 1.165) is 10.2 Å². The number of rotatable bonds is 6. The molecule has 0 radical (unpaired) electrons. The third kappa shape index (κ3) is 4.20. The smallest absolute Gasteiger partial charge is 0.365 e. The molecule has 1 N–H and O–H groups in total. The van der Waals surface area contributed by atoms with Gasteiger partial charge in [-0.2, -0.15) is 10.1 Å². The molecule has 3 aromatic rings. The molecule has 0 aliphatic carbocycles. The van der Waals surface area contributed by atoms with Gasteiger partial charge in [-0.15, -0.1) is 0 Å². The summed E-state index contributed by atoms with van der Waals surface area (Å²) in [6.45, 7) is 1.82. The van der Waals surface area contributed by atoms with Gasteiger partial charge in [-0.05, 0) is 30.7 Å². The van der Waals surface area contributed by atoms with Crippen LogP contribution < -0.4 is 15.7 Å². The van der Waals surface area contributed by atoms with Crippen LogP contribution in [0.25, 0.3) is 11.3 Å². The number of ether oxygens (including phenoxy) is 1. The lowest BCUT2D eigenvalue weighted by Gasteiger charge is -2.16. The van der Waals surface area contributed by atoms with Crippen LogP contribution in [0.1, 0.15) is 19.4 Å². The largest absolute Gasteiger partial charge is 0.497 e. The van der Waals surface area contributed by atoms with Crippen LogP contribution >= 0.6 is 0 Å². The summed E-state index contributed by atoms with van der Waals surface area (Å²) in [6, 6.07) is 15.5. The summed E-state index contributed by atoms with van der Waals surface area (Å²) in [5.74, 6) is 0.366. The van der Waals surface area contributed by atoms with Gasteiger partial charge >= 0.3 is 5.69 Å². The molecule has 138 valence electrons. The maximum atomic E-state index is 12.6. The minimum absolute atomic E-state index is 0.327. The highest BCUT2D eigenvalue weighted by atomic mass is 16.5. The highest BCUT2D eigenvalue weighted by Gasteiger charge is 2.22. The maximum absolute atomic E-state index is 12.6. The molecule has 0 spiro atoms. The standard InChI is InChI=1S/C20H20N4O3/c1-3-18(19(25)22-15-9-11-16(27-2)12-10-15)24-20(26)23-17(13-21-24)14-7-5-4-6-8-14/h4-13,18H,3H2,1-2H3,(H,22,25)/t18-/m0/s1. The molecule has 27 heavy (non-hydrogen) atoms. The number of hydrogen-bond donors (Lipinski definition) is 1. The molecule has 0 fully saturated rings. The van der Waals surface area contributed by atoms with Crippen molar-refractivity contribution in [3.63, 3.8) is 0 Å². The van der Waals surface area contributed by atoms with Crippen LogP contribution in [0.15, 0.2) is 65.6 Å². The number of amides is 1. The Kier molecular flexibility index (Phi) is 5.61. The monoisotopic (exact) mass is 364 g/mol. The topological polar surface area (TPSA) is 86.1 Å². The summed E-state index contributed by atoms with van der Waals surface area (Å²) >= 11 is 0. The summed E-state index contributed by atoms with van der Waals surface area (Å²) in [7, 11) is 1.57. The minimum atomic E-state index is -0.753. The van der Waals surface area contributed by atoms with Crippen LogP contribution in [0.5, 0.6) is 5.75 Å². The number of methoxy groups -OCH3 is 1. The summed E-state index contributed by atoms with van der Waals surface area (Å²) in [5, 5.41) is 6.97. The molecular formula is C20H20N4O3. The Morgan fingerprint density at radius 1 is 1.15 bits per heavy atom. The number of anilines is 1. The van der Waals surface area contributed by atoms with Gasteiger partial charge in [0.1, 0.15) is 11.8 Å². The van der Waals surface area contributed by atoms with E-state index in [0.29, 0.717) is 23.6 Å². The Morgan fingerprint density at radius 3 is 2.44 bits per heavy atom. The molecule has 7 nitrogen and oxygen atoms in total. The lowest BCUT2D eigenvalue weighted by Crippen LogP contribution is -2.36. The van der Waals surface area contributed by atoms with Crippen LogP contribution in [-0.2, 0) is 4.79 Å². The second kappa shape index (κ2) is 8.27. The number of carbonyl (C=O) groups excluding carboxylic acids is 1. The third-order valence-corrected chi connectivity index (χ3v) is 4.13. The van der Waals surface area contributed by atoms with Gasteiger partial charge in [-0.3, -0.25) is 4.79 Å². The number of aromatic nitrogens is 3. The van der Waals surface area contributed by atoms with Crippen molar-refractivity contribution in [3.8, 4) is 17.0 Å². The van der Waals surface area contributed by atoms with Gasteiger partial charge in [-0.1, -0.05) is 37.3 Å². The number of nitrogens with zero attached hydrogens (tertiary/aromatic N) is 3. The molecule has 7 heteroatoms. The Labute approximate surface area is 156 Å². The first-order valence-electron chi connectivity index (χ1n) is 8.58. The quantitative estimate of drug-likeness (QED) is 0.727. The molecule has 3 rings (SSSR count). The highest BCUT2D eigenvalue weighted by Crippen LogP contribution is 2.18. The molecule has 0 aliphatic heterocycles. The van der Waals surface area contributed by atoms with E-state index in [2.05, 4.69) is 15.4 Å². The average Bonchev–Trinajstić information content (AvgIpc) is 2.71. The first-order valence-corrected chi connectivity index (χ1v) is 8.58. The summed E-state index contributed by atoms with van der Waals surface area (Å²) in [5.41, 5.74) is 1.32. The van der Waals surface area contributed by atoms with E-state index in [-0.39, 0.29) is 5.91 Å². The fraction of sp³-hybridized carbons (Fsp3) is 0.200.